The molecule has 0 aliphatic heterocycles. The number of carbonyl (C=O) groups excluding carboxylic acids is 3. The van der Waals surface area contributed by atoms with E-state index in [2.05, 4.69) is 15.7 Å². The Labute approximate surface area is 187 Å². The summed E-state index contributed by atoms with van der Waals surface area (Å²) >= 11 is 0. The minimum absolute atomic E-state index is 0.0457. The summed E-state index contributed by atoms with van der Waals surface area (Å²) in [5.41, 5.74) is 1.36. The van der Waals surface area contributed by atoms with E-state index >= 15 is 0 Å². The Kier molecular flexibility index (Phi) is 12.1. The first kappa shape index (κ1) is 26.6. The first-order valence-corrected chi connectivity index (χ1v) is 10.6. The summed E-state index contributed by atoms with van der Waals surface area (Å²) in [7, 11) is 0. The molecule has 0 aromatic heterocycles. The van der Waals surface area contributed by atoms with Gasteiger partial charge in [0.25, 0.3) is 0 Å². The van der Waals surface area contributed by atoms with Crippen molar-refractivity contribution in [2.24, 2.45) is 16.9 Å². The van der Waals surface area contributed by atoms with Crippen molar-refractivity contribution in [2.45, 2.75) is 58.4 Å². The summed E-state index contributed by atoms with van der Waals surface area (Å²) in [6.07, 6.45) is 2.35. The van der Waals surface area contributed by atoms with Crippen LogP contribution in [0.25, 0.3) is 0 Å². The second kappa shape index (κ2) is 14.6. The van der Waals surface area contributed by atoms with Gasteiger partial charge in [0.05, 0.1) is 18.7 Å². The molecule has 2 atom stereocenters. The largest absolute Gasteiger partial charge is 0.481 e. The van der Waals surface area contributed by atoms with Gasteiger partial charge in [-0.05, 0) is 43.9 Å². The zero-order chi connectivity index (χ0) is 23.9. The summed E-state index contributed by atoms with van der Waals surface area (Å²) in [5, 5.41) is 17.8. The molecule has 1 aromatic carbocycles. The van der Waals surface area contributed by atoms with Crippen LogP contribution in [0.5, 0.6) is 0 Å². The maximum atomic E-state index is 12.4. The van der Waals surface area contributed by atoms with E-state index in [1.165, 1.54) is 6.21 Å². The maximum absolute atomic E-state index is 12.4. The minimum Gasteiger partial charge on any atom is -0.481 e. The van der Waals surface area contributed by atoms with E-state index < -0.39 is 29.8 Å². The number of anilines is 1. The summed E-state index contributed by atoms with van der Waals surface area (Å²) in [4.78, 5) is 47.7. The first-order valence-electron chi connectivity index (χ1n) is 10.6. The van der Waals surface area contributed by atoms with Crippen molar-refractivity contribution in [2.75, 3.05) is 11.9 Å². The van der Waals surface area contributed by atoms with Crippen molar-refractivity contribution in [3.8, 4) is 0 Å². The van der Waals surface area contributed by atoms with Crippen molar-refractivity contribution in [3.63, 3.8) is 0 Å². The highest BCUT2D eigenvalue weighted by molar-refractivity contribution is 5.93. The summed E-state index contributed by atoms with van der Waals surface area (Å²) in [6, 6.07) is 6.30. The number of amides is 2. The first-order chi connectivity index (χ1) is 15.3. The number of esters is 1. The Morgan fingerprint density at radius 1 is 1.09 bits per heavy atom. The summed E-state index contributed by atoms with van der Waals surface area (Å²) in [6.45, 7) is 3.71. The van der Waals surface area contributed by atoms with Gasteiger partial charge in [0.15, 0.2) is 0 Å². The molecule has 0 saturated carbocycles. The monoisotopic (exact) mass is 448 g/mol. The molecule has 32 heavy (non-hydrogen) atoms. The van der Waals surface area contributed by atoms with Gasteiger partial charge in [0.1, 0.15) is 0 Å². The fourth-order valence-electron chi connectivity index (χ4n) is 3.18. The van der Waals surface area contributed by atoms with Crippen LogP contribution >= 0.6 is 0 Å². The number of hydrogen-bond donors (Lipinski definition) is 4. The van der Waals surface area contributed by atoms with Crippen LogP contribution in [0.2, 0.25) is 0 Å². The van der Waals surface area contributed by atoms with E-state index in [9.17, 15) is 19.2 Å². The number of hydrazone groups is 1. The number of nitrogens with two attached hydrogens (primary N) is 1. The van der Waals surface area contributed by atoms with Crippen LogP contribution < -0.4 is 16.5 Å². The summed E-state index contributed by atoms with van der Waals surface area (Å²) < 4.78 is 5.09. The van der Waals surface area contributed by atoms with Crippen molar-refractivity contribution < 1.29 is 29.0 Å². The second-order valence-electron chi connectivity index (χ2n) is 7.18. The molecule has 0 bridgehead atoms. The number of carbonyl (C=O) groups is 4. The number of hydrogen-bond acceptors (Lipinski definition) is 7. The SMILES string of the molecule is CCOC(=O)C(CC)C(CCCC(=O)O)NC(=O)CCC(=O)Nc1ccc(C=NN)cc1. The van der Waals surface area contributed by atoms with Crippen LogP contribution in [0.1, 0.15) is 57.9 Å². The van der Waals surface area contributed by atoms with Gasteiger partial charge in [0, 0.05) is 31.0 Å². The molecule has 10 heteroatoms. The third kappa shape index (κ3) is 10.1. The van der Waals surface area contributed by atoms with Gasteiger partial charge >= 0.3 is 11.9 Å². The molecule has 176 valence electrons. The van der Waals surface area contributed by atoms with Crippen LogP contribution in [-0.4, -0.2) is 47.7 Å². The Hall–Kier alpha value is -3.43. The second-order valence-corrected chi connectivity index (χ2v) is 7.18. The number of nitrogens with zero attached hydrogens (tertiary/aromatic N) is 1. The number of ether oxygens (including phenoxy) is 1. The third-order valence-electron chi connectivity index (χ3n) is 4.76. The molecule has 0 aliphatic carbocycles. The Balaban J connectivity index is 2.64. The quantitative estimate of drug-likeness (QED) is 0.147. The van der Waals surface area contributed by atoms with Crippen LogP contribution in [0, 0.1) is 5.92 Å². The zero-order valence-corrected chi connectivity index (χ0v) is 18.5. The van der Waals surface area contributed by atoms with Gasteiger partial charge < -0.3 is 26.3 Å². The van der Waals surface area contributed by atoms with E-state index in [0.717, 1.165) is 5.56 Å². The highest BCUT2D eigenvalue weighted by Gasteiger charge is 2.29. The Morgan fingerprint density at radius 2 is 1.75 bits per heavy atom. The molecule has 2 unspecified atom stereocenters. The van der Waals surface area contributed by atoms with Crippen molar-refractivity contribution in [3.05, 3.63) is 29.8 Å². The van der Waals surface area contributed by atoms with E-state index in [4.69, 9.17) is 15.7 Å². The number of carboxylic acid groups (broad SMARTS) is 1. The number of carboxylic acids is 1. The van der Waals surface area contributed by atoms with E-state index in [0.29, 0.717) is 24.9 Å². The molecule has 2 amide bonds. The molecule has 1 rings (SSSR count). The van der Waals surface area contributed by atoms with Gasteiger partial charge in [-0.2, -0.15) is 5.10 Å². The fraction of sp³-hybridized carbons (Fsp3) is 0.500. The molecule has 0 aliphatic rings. The molecular formula is C22H32N4O6. The standard InChI is InChI=1S/C22H32N4O6/c1-3-17(22(31)32-4-2)18(6-5-7-21(29)30)26-20(28)13-12-19(27)25-16-10-8-15(9-11-16)14-24-23/h8-11,14,17-18H,3-7,12-13,23H2,1-2H3,(H,25,27)(H,26,28)(H,29,30). The normalized spacial score (nSPS) is 12.7. The van der Waals surface area contributed by atoms with Crippen molar-refractivity contribution in [1.29, 1.82) is 0 Å². The molecule has 5 N–H and O–H groups in total. The lowest BCUT2D eigenvalue weighted by Gasteiger charge is -2.25. The smallest absolute Gasteiger partial charge is 0.310 e. The Morgan fingerprint density at radius 3 is 2.31 bits per heavy atom. The molecule has 0 spiro atoms. The predicted molar refractivity (Wildman–Crippen MR) is 120 cm³/mol. The molecule has 0 saturated heterocycles. The average Bonchev–Trinajstić information content (AvgIpc) is 2.74. The number of nitrogens with one attached hydrogen (secondary N) is 2. The van der Waals surface area contributed by atoms with Crippen LogP contribution in [0.3, 0.4) is 0 Å². The third-order valence-corrected chi connectivity index (χ3v) is 4.76. The van der Waals surface area contributed by atoms with Gasteiger partial charge in [-0.1, -0.05) is 19.1 Å². The number of rotatable bonds is 14. The van der Waals surface area contributed by atoms with Crippen molar-refractivity contribution in [1.82, 2.24) is 5.32 Å². The minimum atomic E-state index is -0.945. The van der Waals surface area contributed by atoms with Gasteiger partial charge in [-0.15, -0.1) is 0 Å². The van der Waals surface area contributed by atoms with Crippen LogP contribution in [0.15, 0.2) is 29.4 Å². The van der Waals surface area contributed by atoms with Gasteiger partial charge in [0.2, 0.25) is 11.8 Å². The molecule has 10 nitrogen and oxygen atoms in total. The molecular weight excluding hydrogens is 416 g/mol. The maximum Gasteiger partial charge on any atom is 0.310 e. The molecule has 0 heterocycles. The van der Waals surface area contributed by atoms with E-state index in [1.54, 1.807) is 38.1 Å². The van der Waals surface area contributed by atoms with Gasteiger partial charge in [-0.25, -0.2) is 0 Å². The van der Waals surface area contributed by atoms with E-state index in [-0.39, 0.29) is 31.8 Å². The lowest BCUT2D eigenvalue weighted by atomic mass is 9.92. The zero-order valence-electron chi connectivity index (χ0n) is 18.5. The average molecular weight is 449 g/mol. The van der Waals surface area contributed by atoms with E-state index in [1.807, 2.05) is 0 Å². The summed E-state index contributed by atoms with van der Waals surface area (Å²) in [5.74, 6) is 2.40. The predicted octanol–water partition coefficient (Wildman–Crippen LogP) is 2.03. The molecule has 0 fully saturated rings. The topological polar surface area (TPSA) is 160 Å². The van der Waals surface area contributed by atoms with Crippen molar-refractivity contribution >= 4 is 35.7 Å². The lowest BCUT2D eigenvalue weighted by molar-refractivity contribution is -0.149. The Bertz CT molecular complexity index is 794. The van der Waals surface area contributed by atoms with Crippen LogP contribution in [-0.2, 0) is 23.9 Å². The fourth-order valence-corrected chi connectivity index (χ4v) is 3.18. The molecule has 0 radical (unpaired) electrons. The number of aliphatic carboxylic acids is 1. The molecule has 1 aromatic rings. The highest BCUT2D eigenvalue weighted by atomic mass is 16.5. The van der Waals surface area contributed by atoms with Gasteiger partial charge in [-0.3, -0.25) is 19.2 Å². The highest BCUT2D eigenvalue weighted by Crippen LogP contribution is 2.18. The van der Waals surface area contributed by atoms with Crippen LogP contribution in [0.4, 0.5) is 5.69 Å². The number of benzene rings is 1. The lowest BCUT2D eigenvalue weighted by Crippen LogP contribution is -2.44.